The minimum absolute atomic E-state index is 0.0680. The molecular formula is C26H33F3N6O3S. The Kier molecular flexibility index (Phi) is 8.98. The van der Waals surface area contributed by atoms with Crippen LogP contribution in [0.2, 0.25) is 0 Å². The maximum absolute atomic E-state index is 13.2. The Balaban J connectivity index is 1.33. The zero-order valence-corrected chi connectivity index (χ0v) is 22.8. The lowest BCUT2D eigenvalue weighted by Gasteiger charge is -2.32. The summed E-state index contributed by atoms with van der Waals surface area (Å²) in [6, 6.07) is 9.31. The van der Waals surface area contributed by atoms with E-state index in [-0.39, 0.29) is 23.4 Å². The van der Waals surface area contributed by atoms with Crippen LogP contribution in [0.5, 0.6) is 5.75 Å². The van der Waals surface area contributed by atoms with E-state index in [1.807, 2.05) is 24.3 Å². The van der Waals surface area contributed by atoms with Crippen molar-refractivity contribution in [2.45, 2.75) is 24.3 Å². The van der Waals surface area contributed by atoms with E-state index in [9.17, 15) is 28.0 Å². The van der Waals surface area contributed by atoms with E-state index >= 15 is 0 Å². The van der Waals surface area contributed by atoms with Gasteiger partial charge >= 0.3 is 6.18 Å². The molecule has 9 nitrogen and oxygen atoms in total. The van der Waals surface area contributed by atoms with Crippen LogP contribution in [0.1, 0.15) is 13.3 Å². The fraction of sp³-hybridized carbons (Fsp3) is 0.577. The fourth-order valence-electron chi connectivity index (χ4n) is 4.76. The number of carbonyl (C=O) groups excluding carboxylic acids is 2. The molecule has 4 rings (SSSR count). The number of anilines is 1. The fourth-order valence-corrected chi connectivity index (χ4v) is 6.40. The van der Waals surface area contributed by atoms with Crippen LogP contribution >= 0.6 is 11.8 Å². The molecule has 2 N–H and O–H groups in total. The highest BCUT2D eigenvalue weighted by Crippen LogP contribution is 2.63. The zero-order chi connectivity index (χ0) is 28.2. The monoisotopic (exact) mass is 566 g/mol. The van der Waals surface area contributed by atoms with Crippen LogP contribution in [-0.4, -0.2) is 103 Å². The highest BCUT2D eigenvalue weighted by molar-refractivity contribution is 8.06. The largest absolute Gasteiger partial charge is 0.492 e. The predicted molar refractivity (Wildman–Crippen MR) is 142 cm³/mol. The number of benzene rings is 1. The third-order valence-electron chi connectivity index (χ3n) is 7.16. The van der Waals surface area contributed by atoms with Crippen molar-refractivity contribution in [3.8, 4) is 11.8 Å². The van der Waals surface area contributed by atoms with Gasteiger partial charge in [0.15, 0.2) is 0 Å². The lowest BCUT2D eigenvalue weighted by Crippen LogP contribution is -2.45. The molecule has 39 heavy (non-hydrogen) atoms. The highest BCUT2D eigenvalue weighted by Gasteiger charge is 2.66. The molecule has 1 saturated carbocycles. The Morgan fingerprint density at radius 3 is 2.69 bits per heavy atom. The van der Waals surface area contributed by atoms with Gasteiger partial charge in [0.25, 0.3) is 5.91 Å². The van der Waals surface area contributed by atoms with Crippen molar-refractivity contribution >= 4 is 29.3 Å². The summed E-state index contributed by atoms with van der Waals surface area (Å²) < 4.78 is 42.8. The third-order valence-corrected chi connectivity index (χ3v) is 8.81. The van der Waals surface area contributed by atoms with E-state index in [4.69, 9.17) is 4.74 Å². The van der Waals surface area contributed by atoms with Crippen LogP contribution in [0, 0.1) is 17.2 Å². The second-order valence-corrected chi connectivity index (χ2v) is 11.3. The van der Waals surface area contributed by atoms with Gasteiger partial charge in [-0.3, -0.25) is 14.5 Å². The molecule has 13 heteroatoms. The number of rotatable bonds is 10. The number of ether oxygens (including phenoxy) is 1. The topological polar surface area (TPSA) is 101 Å². The normalized spacial score (nSPS) is 25.0. The van der Waals surface area contributed by atoms with Crippen LogP contribution in [0.15, 0.2) is 34.9 Å². The number of nitrogens with one attached hydrogen (secondary N) is 2. The number of amides is 2. The van der Waals surface area contributed by atoms with Gasteiger partial charge in [-0.15, -0.1) is 0 Å². The van der Waals surface area contributed by atoms with E-state index in [0.29, 0.717) is 19.6 Å². The molecule has 0 radical (unpaired) electrons. The average molecular weight is 567 g/mol. The van der Waals surface area contributed by atoms with Crippen LogP contribution < -0.4 is 15.4 Å². The summed E-state index contributed by atoms with van der Waals surface area (Å²) in [7, 11) is 2.12. The minimum atomic E-state index is -4.61. The number of nitriles is 1. The number of thioether (sulfide) groups is 1. The number of alkyl halides is 3. The van der Waals surface area contributed by atoms with Crippen molar-refractivity contribution in [1.82, 2.24) is 20.0 Å². The smallest absolute Gasteiger partial charge is 0.405 e. The number of nitrogens with zero attached hydrogens (tertiary/aromatic N) is 4. The SMILES string of the molecule is CCN1C(=O)C2(CC2CNc2cccc(OCCN3CCN(C)CC3)c2)S/C1=C(/C#N)C(=O)NCC(F)(F)F. The molecule has 2 aliphatic heterocycles. The molecule has 1 spiro atoms. The summed E-state index contributed by atoms with van der Waals surface area (Å²) >= 11 is 1.10. The molecule has 2 amide bonds. The summed E-state index contributed by atoms with van der Waals surface area (Å²) in [6.07, 6.45) is -4.07. The molecule has 0 bridgehead atoms. The van der Waals surface area contributed by atoms with Crippen molar-refractivity contribution in [3.63, 3.8) is 0 Å². The molecule has 1 aromatic rings. The van der Waals surface area contributed by atoms with E-state index in [1.54, 1.807) is 18.3 Å². The predicted octanol–water partition coefficient (Wildman–Crippen LogP) is 2.49. The standard InChI is InChI=1S/C26H33F3N6O3S/c1-3-35-23(21(15-30)22(36)32-17-26(27,28)29)39-25(24(35)37)14-18(25)16-31-19-5-4-6-20(13-19)38-12-11-34-9-7-33(2)8-10-34/h4-6,13,18,31H,3,7-12,14,16-17H2,1-2H3,(H,32,36)/b23-21-. The first kappa shape index (κ1) is 29.0. The van der Waals surface area contributed by atoms with Crippen LogP contribution in [0.25, 0.3) is 0 Å². The molecule has 3 aliphatic rings. The van der Waals surface area contributed by atoms with Gasteiger partial charge in [0.2, 0.25) is 5.91 Å². The van der Waals surface area contributed by atoms with Crippen molar-refractivity contribution < 1.29 is 27.5 Å². The third kappa shape index (κ3) is 6.98. The summed E-state index contributed by atoms with van der Waals surface area (Å²) in [5, 5.41) is 14.7. The summed E-state index contributed by atoms with van der Waals surface area (Å²) in [6.45, 7) is 6.45. The molecule has 1 aromatic carbocycles. The number of hydrogen-bond acceptors (Lipinski definition) is 8. The summed E-state index contributed by atoms with van der Waals surface area (Å²) in [5.74, 6) is -0.687. The number of piperazine rings is 1. The quantitative estimate of drug-likeness (QED) is 0.329. The number of halogens is 3. The lowest BCUT2D eigenvalue weighted by atomic mass is 10.2. The van der Waals surface area contributed by atoms with Gasteiger partial charge in [-0.1, -0.05) is 17.8 Å². The molecule has 212 valence electrons. The van der Waals surface area contributed by atoms with Crippen molar-refractivity contribution in [2.75, 3.05) is 71.3 Å². The molecule has 2 heterocycles. The molecule has 0 aromatic heterocycles. The van der Waals surface area contributed by atoms with Crippen molar-refractivity contribution in [1.29, 1.82) is 5.26 Å². The number of carbonyl (C=O) groups is 2. The van der Waals surface area contributed by atoms with Crippen LogP contribution in [0.4, 0.5) is 18.9 Å². The molecule has 2 atom stereocenters. The minimum Gasteiger partial charge on any atom is -0.492 e. The van der Waals surface area contributed by atoms with Gasteiger partial charge in [-0.25, -0.2) is 0 Å². The Bertz CT molecular complexity index is 1150. The van der Waals surface area contributed by atoms with Gasteiger partial charge in [0.1, 0.15) is 40.3 Å². The van der Waals surface area contributed by atoms with Gasteiger partial charge in [-0.05, 0) is 32.5 Å². The highest BCUT2D eigenvalue weighted by atomic mass is 32.2. The first-order chi connectivity index (χ1) is 18.6. The van der Waals surface area contributed by atoms with Crippen molar-refractivity contribution in [3.05, 3.63) is 34.9 Å². The van der Waals surface area contributed by atoms with Gasteiger partial charge < -0.3 is 25.2 Å². The Hall–Kier alpha value is -2.95. The van der Waals surface area contributed by atoms with Crippen LogP contribution in [-0.2, 0) is 9.59 Å². The Morgan fingerprint density at radius 1 is 1.28 bits per heavy atom. The maximum Gasteiger partial charge on any atom is 0.405 e. The Morgan fingerprint density at radius 2 is 2.03 bits per heavy atom. The molecule has 3 fully saturated rings. The van der Waals surface area contributed by atoms with E-state index in [1.165, 1.54) is 4.90 Å². The van der Waals surface area contributed by atoms with E-state index in [2.05, 4.69) is 22.2 Å². The summed E-state index contributed by atoms with van der Waals surface area (Å²) in [5.41, 5.74) is 0.369. The second-order valence-electron chi connectivity index (χ2n) is 9.93. The van der Waals surface area contributed by atoms with E-state index in [0.717, 1.165) is 55.9 Å². The van der Waals surface area contributed by atoms with Gasteiger partial charge in [-0.2, -0.15) is 18.4 Å². The maximum atomic E-state index is 13.2. The van der Waals surface area contributed by atoms with Crippen LogP contribution in [0.3, 0.4) is 0 Å². The second kappa shape index (κ2) is 12.1. The first-order valence-electron chi connectivity index (χ1n) is 12.9. The molecular weight excluding hydrogens is 533 g/mol. The Labute approximate surface area is 230 Å². The molecule has 2 saturated heterocycles. The lowest BCUT2D eigenvalue weighted by molar-refractivity contribution is -0.136. The van der Waals surface area contributed by atoms with E-state index < -0.39 is 28.9 Å². The molecule has 1 aliphatic carbocycles. The molecule has 2 unspecified atom stereocenters. The number of likely N-dealkylation sites (N-methyl/N-ethyl adjacent to an activating group) is 1. The average Bonchev–Trinajstić information content (AvgIpc) is 3.54. The van der Waals surface area contributed by atoms with Crippen molar-refractivity contribution in [2.24, 2.45) is 5.92 Å². The zero-order valence-electron chi connectivity index (χ0n) is 22.0. The van der Waals surface area contributed by atoms with Gasteiger partial charge in [0.05, 0.1) is 0 Å². The summed E-state index contributed by atoms with van der Waals surface area (Å²) in [4.78, 5) is 31.6. The number of hydrogen-bond donors (Lipinski definition) is 2. The van der Waals surface area contributed by atoms with Gasteiger partial charge in [0, 0.05) is 63.5 Å². The first-order valence-corrected chi connectivity index (χ1v) is 13.8.